The van der Waals surface area contributed by atoms with Gasteiger partial charge in [0.1, 0.15) is 0 Å². The third-order valence-corrected chi connectivity index (χ3v) is 4.09. The number of esters is 1. The van der Waals surface area contributed by atoms with Crippen molar-refractivity contribution >= 4 is 17.8 Å². The Morgan fingerprint density at radius 1 is 1.20 bits per heavy atom. The number of carbonyl (C=O) groups is 3. The molecule has 0 aromatic heterocycles. The molecule has 1 rings (SSSR count). The number of likely N-dealkylation sites (tertiary alicyclic amines) is 1. The van der Waals surface area contributed by atoms with E-state index in [-0.39, 0.29) is 31.8 Å². The number of amides is 2. The minimum Gasteiger partial charge on any atom is -0.455 e. The van der Waals surface area contributed by atoms with Gasteiger partial charge in [0.2, 0.25) is 5.91 Å². The lowest BCUT2D eigenvalue weighted by Gasteiger charge is -2.31. The van der Waals surface area contributed by atoms with Crippen LogP contribution in [-0.4, -0.2) is 60.4 Å². The maximum Gasteiger partial charge on any atom is 0.311 e. The molecule has 0 aromatic carbocycles. The molecule has 136 valence electrons. The molecule has 0 aromatic rings. The number of rotatable bonds is 8. The summed E-state index contributed by atoms with van der Waals surface area (Å²) in [4.78, 5) is 39.1. The van der Waals surface area contributed by atoms with Crippen LogP contribution in [0.5, 0.6) is 0 Å². The Morgan fingerprint density at radius 3 is 2.40 bits per heavy atom. The summed E-state index contributed by atoms with van der Waals surface area (Å²) in [5.41, 5.74) is 0. The highest BCUT2D eigenvalue weighted by molar-refractivity contribution is 5.82. The molecule has 1 unspecified atom stereocenters. The van der Waals surface area contributed by atoms with Gasteiger partial charge in [0.05, 0.1) is 30.9 Å². The van der Waals surface area contributed by atoms with Gasteiger partial charge < -0.3 is 14.5 Å². The van der Waals surface area contributed by atoms with Crippen molar-refractivity contribution in [3.63, 3.8) is 0 Å². The summed E-state index contributed by atoms with van der Waals surface area (Å²) < 4.78 is 5.11. The lowest BCUT2D eigenvalue weighted by molar-refractivity contribution is -0.157. The first-order valence-electron chi connectivity index (χ1n) is 8.49. The van der Waals surface area contributed by atoms with Gasteiger partial charge in [-0.15, -0.1) is 0 Å². The number of nitriles is 2. The standard InChI is InChI=1S/C17H24N4O4/c1-2-15(22)21-9-3-6-14(12-21)17(24)25-13-16(23)20(10-4-7-18)11-5-8-19/h14H,2-6,9-13H2,1H3. The van der Waals surface area contributed by atoms with Crippen molar-refractivity contribution in [2.75, 3.05) is 32.8 Å². The predicted molar refractivity (Wildman–Crippen MR) is 87.6 cm³/mol. The first kappa shape index (κ1) is 20.4. The average Bonchev–Trinajstić information content (AvgIpc) is 2.65. The fourth-order valence-electron chi connectivity index (χ4n) is 2.69. The SMILES string of the molecule is CCC(=O)N1CCCC(C(=O)OCC(=O)N(CCC#N)CCC#N)C1. The van der Waals surface area contributed by atoms with Gasteiger partial charge in [-0.2, -0.15) is 10.5 Å². The summed E-state index contributed by atoms with van der Waals surface area (Å²) in [5.74, 6) is -1.31. The molecule has 2 amide bonds. The second-order valence-electron chi connectivity index (χ2n) is 5.84. The van der Waals surface area contributed by atoms with Crippen LogP contribution in [0.25, 0.3) is 0 Å². The molecular formula is C17H24N4O4. The van der Waals surface area contributed by atoms with E-state index < -0.39 is 24.4 Å². The van der Waals surface area contributed by atoms with Gasteiger partial charge in [0, 0.05) is 32.6 Å². The van der Waals surface area contributed by atoms with E-state index in [1.165, 1.54) is 4.90 Å². The lowest BCUT2D eigenvalue weighted by atomic mass is 9.98. The Bertz CT molecular complexity index is 546. The molecule has 1 saturated heterocycles. The number of hydrogen-bond donors (Lipinski definition) is 0. The number of piperidine rings is 1. The lowest BCUT2D eigenvalue weighted by Crippen LogP contribution is -2.43. The summed E-state index contributed by atoms with van der Waals surface area (Å²) in [6.45, 7) is 2.75. The van der Waals surface area contributed by atoms with E-state index in [9.17, 15) is 14.4 Å². The van der Waals surface area contributed by atoms with Crippen LogP contribution >= 0.6 is 0 Å². The highest BCUT2D eigenvalue weighted by Crippen LogP contribution is 2.18. The molecule has 25 heavy (non-hydrogen) atoms. The minimum absolute atomic E-state index is 0.00718. The Morgan fingerprint density at radius 2 is 1.84 bits per heavy atom. The largest absolute Gasteiger partial charge is 0.455 e. The molecule has 1 aliphatic rings. The predicted octanol–water partition coefficient (Wildman–Crippen LogP) is 0.834. The fraction of sp³-hybridized carbons (Fsp3) is 0.706. The summed E-state index contributed by atoms with van der Waals surface area (Å²) in [6, 6.07) is 3.89. The Labute approximate surface area is 147 Å². The van der Waals surface area contributed by atoms with Gasteiger partial charge >= 0.3 is 5.97 Å². The Kier molecular flexibility index (Phi) is 9.02. The second-order valence-corrected chi connectivity index (χ2v) is 5.84. The second kappa shape index (κ2) is 11.0. The Hall–Kier alpha value is -2.61. The quantitative estimate of drug-likeness (QED) is 0.600. The molecule has 1 atom stereocenters. The maximum absolute atomic E-state index is 12.2. The highest BCUT2D eigenvalue weighted by atomic mass is 16.5. The summed E-state index contributed by atoms with van der Waals surface area (Å²) in [6.07, 6.45) is 2.07. The number of hydrogen-bond acceptors (Lipinski definition) is 6. The zero-order valence-corrected chi connectivity index (χ0v) is 14.6. The molecule has 1 heterocycles. The van der Waals surface area contributed by atoms with E-state index in [0.29, 0.717) is 25.9 Å². The molecule has 1 fully saturated rings. The van der Waals surface area contributed by atoms with E-state index in [4.69, 9.17) is 15.3 Å². The first-order valence-corrected chi connectivity index (χ1v) is 8.49. The van der Waals surface area contributed by atoms with Crippen LogP contribution in [0.3, 0.4) is 0 Å². The van der Waals surface area contributed by atoms with Crippen molar-refractivity contribution in [2.24, 2.45) is 5.92 Å². The van der Waals surface area contributed by atoms with Crippen LogP contribution in [0.2, 0.25) is 0 Å². The normalized spacial score (nSPS) is 16.4. The fourth-order valence-corrected chi connectivity index (χ4v) is 2.69. The van der Waals surface area contributed by atoms with Crippen molar-refractivity contribution < 1.29 is 19.1 Å². The van der Waals surface area contributed by atoms with Gasteiger partial charge in [0.25, 0.3) is 5.91 Å². The third-order valence-electron chi connectivity index (χ3n) is 4.09. The molecule has 0 N–H and O–H groups in total. The molecule has 0 bridgehead atoms. The zero-order chi connectivity index (χ0) is 18.7. The van der Waals surface area contributed by atoms with E-state index in [1.54, 1.807) is 11.8 Å². The van der Waals surface area contributed by atoms with Crippen LogP contribution in [0.15, 0.2) is 0 Å². The Balaban J connectivity index is 2.50. The zero-order valence-electron chi connectivity index (χ0n) is 14.6. The molecule has 0 saturated carbocycles. The van der Waals surface area contributed by atoms with Crippen LogP contribution in [-0.2, 0) is 19.1 Å². The van der Waals surface area contributed by atoms with Gasteiger partial charge in [0.15, 0.2) is 6.61 Å². The van der Waals surface area contributed by atoms with Gasteiger partial charge in [-0.3, -0.25) is 14.4 Å². The van der Waals surface area contributed by atoms with Crippen molar-refractivity contribution in [1.82, 2.24) is 9.80 Å². The van der Waals surface area contributed by atoms with Crippen molar-refractivity contribution in [1.29, 1.82) is 10.5 Å². The molecule has 8 heteroatoms. The van der Waals surface area contributed by atoms with Crippen molar-refractivity contribution in [3.05, 3.63) is 0 Å². The molecule has 8 nitrogen and oxygen atoms in total. The topological polar surface area (TPSA) is 114 Å². The number of ether oxygens (including phenoxy) is 1. The van der Waals surface area contributed by atoms with Crippen molar-refractivity contribution in [3.8, 4) is 12.1 Å². The van der Waals surface area contributed by atoms with E-state index in [2.05, 4.69) is 0 Å². The number of nitrogens with zero attached hydrogens (tertiary/aromatic N) is 4. The molecular weight excluding hydrogens is 324 g/mol. The van der Waals surface area contributed by atoms with Crippen LogP contribution in [0.1, 0.15) is 39.0 Å². The highest BCUT2D eigenvalue weighted by Gasteiger charge is 2.29. The van der Waals surface area contributed by atoms with Crippen molar-refractivity contribution in [2.45, 2.75) is 39.0 Å². The number of carbonyl (C=O) groups excluding carboxylic acids is 3. The smallest absolute Gasteiger partial charge is 0.311 e. The van der Waals surface area contributed by atoms with Gasteiger partial charge in [-0.1, -0.05) is 6.92 Å². The van der Waals surface area contributed by atoms with Crippen LogP contribution < -0.4 is 0 Å². The molecule has 1 aliphatic heterocycles. The molecule has 0 spiro atoms. The van der Waals surface area contributed by atoms with Crippen LogP contribution in [0.4, 0.5) is 0 Å². The summed E-state index contributed by atoms with van der Waals surface area (Å²) in [5, 5.41) is 17.3. The van der Waals surface area contributed by atoms with Gasteiger partial charge in [-0.25, -0.2) is 0 Å². The van der Waals surface area contributed by atoms with Gasteiger partial charge in [-0.05, 0) is 12.8 Å². The third kappa shape index (κ3) is 6.80. The molecule has 0 aliphatic carbocycles. The van der Waals surface area contributed by atoms with E-state index in [1.807, 2.05) is 12.1 Å². The summed E-state index contributed by atoms with van der Waals surface area (Å²) in [7, 11) is 0. The average molecular weight is 348 g/mol. The first-order chi connectivity index (χ1) is 12.0. The maximum atomic E-state index is 12.2. The minimum atomic E-state index is -0.484. The molecule has 0 radical (unpaired) electrons. The monoisotopic (exact) mass is 348 g/mol. The summed E-state index contributed by atoms with van der Waals surface area (Å²) >= 11 is 0. The van der Waals surface area contributed by atoms with Crippen LogP contribution in [0, 0.1) is 28.6 Å². The van der Waals surface area contributed by atoms with E-state index in [0.717, 1.165) is 6.42 Å². The van der Waals surface area contributed by atoms with E-state index >= 15 is 0 Å².